The van der Waals surface area contributed by atoms with Gasteiger partial charge in [-0.15, -0.1) is 0 Å². The van der Waals surface area contributed by atoms with Gasteiger partial charge < -0.3 is 14.8 Å². The molecule has 1 fully saturated rings. The van der Waals surface area contributed by atoms with Gasteiger partial charge in [-0.3, -0.25) is 0 Å². The molecular weight excluding hydrogens is 269 g/mol. The highest BCUT2D eigenvalue weighted by Gasteiger charge is 2.25. The van der Waals surface area contributed by atoms with E-state index >= 15 is 0 Å². The molecule has 1 aromatic rings. The lowest BCUT2D eigenvalue weighted by Gasteiger charge is -2.26. The van der Waals surface area contributed by atoms with Crippen molar-refractivity contribution in [2.45, 2.75) is 51.2 Å². The summed E-state index contributed by atoms with van der Waals surface area (Å²) in [6.45, 7) is 4.19. The normalized spacial score (nSPS) is 19.4. The Bertz CT molecular complexity index is 476. The molecule has 0 aliphatic carbocycles. The summed E-state index contributed by atoms with van der Waals surface area (Å²) in [6.07, 6.45) is 4.46. The molecule has 118 valence electrons. The molecule has 2 rings (SSSR count). The highest BCUT2D eigenvalue weighted by molar-refractivity contribution is 5.51. The molecule has 4 heteroatoms. The third-order valence-electron chi connectivity index (χ3n) is 4.12. The molecule has 1 heterocycles. The van der Waals surface area contributed by atoms with E-state index in [9.17, 15) is 4.39 Å². The van der Waals surface area contributed by atoms with Crippen molar-refractivity contribution in [3.05, 3.63) is 23.3 Å². The minimum Gasteiger partial charge on any atom is -0.493 e. The fraction of sp³-hybridized carbons (Fsp3) is 0.647. The highest BCUT2D eigenvalue weighted by Crippen LogP contribution is 2.38. The second-order valence-electron chi connectivity index (χ2n) is 6.19. The molecule has 1 atom stereocenters. The average Bonchev–Trinajstić information content (AvgIpc) is 2.46. The number of benzene rings is 1. The third-order valence-corrected chi connectivity index (χ3v) is 4.12. The van der Waals surface area contributed by atoms with Crippen LogP contribution in [0, 0.1) is 0 Å². The summed E-state index contributed by atoms with van der Waals surface area (Å²) in [5, 5.41) is 3.52. The Morgan fingerprint density at radius 3 is 2.52 bits per heavy atom. The van der Waals surface area contributed by atoms with Gasteiger partial charge in [-0.2, -0.15) is 0 Å². The molecule has 1 aliphatic heterocycles. The molecule has 0 spiro atoms. The Kier molecular flexibility index (Phi) is 5.09. The number of rotatable bonds is 5. The first-order valence-corrected chi connectivity index (χ1v) is 7.63. The van der Waals surface area contributed by atoms with E-state index in [2.05, 4.69) is 5.32 Å². The number of alkyl halides is 1. The Balaban J connectivity index is 2.35. The minimum absolute atomic E-state index is 0.426. The van der Waals surface area contributed by atoms with Gasteiger partial charge in [0.25, 0.3) is 0 Å². The fourth-order valence-electron chi connectivity index (χ4n) is 2.90. The average molecular weight is 295 g/mol. The van der Waals surface area contributed by atoms with Gasteiger partial charge in [0, 0.05) is 6.04 Å². The van der Waals surface area contributed by atoms with Gasteiger partial charge in [-0.1, -0.05) is 6.42 Å². The predicted octanol–water partition coefficient (Wildman–Crippen LogP) is 3.59. The first kappa shape index (κ1) is 16.1. The summed E-state index contributed by atoms with van der Waals surface area (Å²) < 4.78 is 25.2. The summed E-state index contributed by atoms with van der Waals surface area (Å²) in [7, 11) is 3.23. The Labute approximate surface area is 126 Å². The van der Waals surface area contributed by atoms with Crippen molar-refractivity contribution < 1.29 is 13.9 Å². The van der Waals surface area contributed by atoms with Gasteiger partial charge in [0.1, 0.15) is 5.67 Å². The van der Waals surface area contributed by atoms with Crippen LogP contribution in [0.2, 0.25) is 0 Å². The topological polar surface area (TPSA) is 30.5 Å². The SMILES string of the molecule is COc1cc(C(C)(C)F)cc(CC2CCCCN2)c1OC. The molecule has 1 unspecified atom stereocenters. The largest absolute Gasteiger partial charge is 0.493 e. The number of ether oxygens (including phenoxy) is 2. The first-order valence-electron chi connectivity index (χ1n) is 7.63. The molecule has 3 nitrogen and oxygen atoms in total. The van der Waals surface area contributed by atoms with Crippen molar-refractivity contribution in [2.75, 3.05) is 20.8 Å². The molecule has 0 radical (unpaired) electrons. The Morgan fingerprint density at radius 2 is 2.00 bits per heavy atom. The maximum absolute atomic E-state index is 14.3. The number of methoxy groups -OCH3 is 2. The van der Waals surface area contributed by atoms with Gasteiger partial charge >= 0.3 is 0 Å². The molecule has 1 N–H and O–H groups in total. The minimum atomic E-state index is -1.39. The van der Waals surface area contributed by atoms with E-state index < -0.39 is 5.67 Å². The van der Waals surface area contributed by atoms with Crippen LogP contribution in [-0.2, 0) is 12.1 Å². The molecular formula is C17H26FNO2. The monoisotopic (exact) mass is 295 g/mol. The predicted molar refractivity (Wildman–Crippen MR) is 83.0 cm³/mol. The van der Waals surface area contributed by atoms with Crippen LogP contribution in [0.1, 0.15) is 44.2 Å². The zero-order valence-electron chi connectivity index (χ0n) is 13.5. The number of hydrogen-bond acceptors (Lipinski definition) is 3. The van der Waals surface area contributed by atoms with Crippen LogP contribution >= 0.6 is 0 Å². The van der Waals surface area contributed by atoms with Crippen molar-refractivity contribution in [3.8, 4) is 11.5 Å². The van der Waals surface area contributed by atoms with Crippen LogP contribution in [0.15, 0.2) is 12.1 Å². The summed E-state index contributed by atoms with van der Waals surface area (Å²) in [5.41, 5.74) is 0.247. The van der Waals surface area contributed by atoms with Gasteiger partial charge in [0.15, 0.2) is 11.5 Å². The fourth-order valence-corrected chi connectivity index (χ4v) is 2.90. The third kappa shape index (κ3) is 3.88. The maximum Gasteiger partial charge on any atom is 0.163 e. The van der Waals surface area contributed by atoms with E-state index in [4.69, 9.17) is 9.47 Å². The van der Waals surface area contributed by atoms with Gasteiger partial charge in [-0.05, 0) is 62.9 Å². The number of halogens is 1. The lowest BCUT2D eigenvalue weighted by Crippen LogP contribution is -2.35. The van der Waals surface area contributed by atoms with E-state index in [1.165, 1.54) is 12.8 Å². The van der Waals surface area contributed by atoms with Gasteiger partial charge in [0.2, 0.25) is 0 Å². The van der Waals surface area contributed by atoms with Crippen LogP contribution in [0.4, 0.5) is 4.39 Å². The summed E-state index contributed by atoms with van der Waals surface area (Å²) in [4.78, 5) is 0. The van der Waals surface area contributed by atoms with Crippen LogP contribution in [0.3, 0.4) is 0 Å². The number of nitrogens with one attached hydrogen (secondary N) is 1. The zero-order valence-corrected chi connectivity index (χ0v) is 13.5. The van der Waals surface area contributed by atoms with E-state index in [0.717, 1.165) is 30.7 Å². The van der Waals surface area contributed by atoms with Crippen molar-refractivity contribution in [3.63, 3.8) is 0 Å². The van der Waals surface area contributed by atoms with E-state index in [1.54, 1.807) is 34.1 Å². The standard InChI is InChI=1S/C17H26FNO2/c1-17(2,18)13-9-12(10-14-7-5-6-8-19-14)16(21-4)15(11-13)20-3/h9,11,14,19H,5-8,10H2,1-4H3. The van der Waals surface area contributed by atoms with E-state index in [0.29, 0.717) is 17.4 Å². The number of hydrogen-bond donors (Lipinski definition) is 1. The van der Waals surface area contributed by atoms with Crippen molar-refractivity contribution in [1.82, 2.24) is 5.32 Å². The molecule has 1 aliphatic rings. The van der Waals surface area contributed by atoms with Gasteiger partial charge in [-0.25, -0.2) is 4.39 Å². The molecule has 0 aromatic heterocycles. The van der Waals surface area contributed by atoms with Crippen LogP contribution in [0.25, 0.3) is 0 Å². The molecule has 0 bridgehead atoms. The molecule has 21 heavy (non-hydrogen) atoms. The Morgan fingerprint density at radius 1 is 1.24 bits per heavy atom. The van der Waals surface area contributed by atoms with E-state index in [1.807, 2.05) is 6.07 Å². The molecule has 0 saturated carbocycles. The van der Waals surface area contributed by atoms with Crippen molar-refractivity contribution >= 4 is 0 Å². The molecule has 0 amide bonds. The summed E-state index contributed by atoms with van der Waals surface area (Å²) >= 11 is 0. The smallest absolute Gasteiger partial charge is 0.163 e. The van der Waals surface area contributed by atoms with Crippen LogP contribution in [0.5, 0.6) is 11.5 Å². The Hall–Kier alpha value is -1.29. The summed E-state index contributed by atoms with van der Waals surface area (Å²) in [6, 6.07) is 4.07. The second kappa shape index (κ2) is 6.65. The lowest BCUT2D eigenvalue weighted by atomic mass is 9.92. The van der Waals surface area contributed by atoms with Gasteiger partial charge in [0.05, 0.1) is 14.2 Å². The highest BCUT2D eigenvalue weighted by atomic mass is 19.1. The zero-order chi connectivity index (χ0) is 15.5. The maximum atomic E-state index is 14.3. The van der Waals surface area contributed by atoms with Crippen LogP contribution in [-0.4, -0.2) is 26.8 Å². The molecule has 1 aromatic carbocycles. The van der Waals surface area contributed by atoms with E-state index in [-0.39, 0.29) is 0 Å². The van der Waals surface area contributed by atoms with Crippen molar-refractivity contribution in [1.29, 1.82) is 0 Å². The summed E-state index contributed by atoms with van der Waals surface area (Å²) in [5.74, 6) is 1.32. The first-order chi connectivity index (χ1) is 9.95. The lowest BCUT2D eigenvalue weighted by molar-refractivity contribution is 0.220. The molecule has 1 saturated heterocycles. The second-order valence-corrected chi connectivity index (χ2v) is 6.19. The quantitative estimate of drug-likeness (QED) is 0.900. The van der Waals surface area contributed by atoms with Crippen molar-refractivity contribution in [2.24, 2.45) is 0 Å². The van der Waals surface area contributed by atoms with Crippen LogP contribution < -0.4 is 14.8 Å². The number of piperidine rings is 1.